The quantitative estimate of drug-likeness (QED) is 0.642. The van der Waals surface area contributed by atoms with E-state index in [1.807, 2.05) is 0 Å². The first-order chi connectivity index (χ1) is 7.09. The molecule has 15 heavy (non-hydrogen) atoms. The summed E-state index contributed by atoms with van der Waals surface area (Å²) in [6.45, 7) is 6.54. The molecule has 0 aromatic heterocycles. The van der Waals surface area contributed by atoms with Gasteiger partial charge in [0.15, 0.2) is 0 Å². The Hall–Kier alpha value is -0.330. The van der Waals surface area contributed by atoms with Crippen LogP contribution in [0, 0.1) is 29.6 Å². The van der Waals surface area contributed by atoms with Crippen LogP contribution in [0.4, 0.5) is 0 Å². The minimum Gasteiger partial charge on any atom is -0.300 e. The molecule has 5 atom stereocenters. The molecule has 0 bridgehead atoms. The zero-order valence-electron chi connectivity index (χ0n) is 10.3. The van der Waals surface area contributed by atoms with Crippen LogP contribution in [0.15, 0.2) is 0 Å². The summed E-state index contributed by atoms with van der Waals surface area (Å²) in [7, 11) is 0. The van der Waals surface area contributed by atoms with Crippen LogP contribution in [-0.4, -0.2) is 5.78 Å². The Kier molecular flexibility index (Phi) is 3.18. The highest BCUT2D eigenvalue weighted by Crippen LogP contribution is 2.48. The Labute approximate surface area is 93.6 Å². The van der Waals surface area contributed by atoms with Gasteiger partial charge in [-0.15, -0.1) is 0 Å². The van der Waals surface area contributed by atoms with Gasteiger partial charge in [-0.2, -0.15) is 0 Å². The predicted molar refractivity (Wildman–Crippen MR) is 62.6 cm³/mol. The fraction of sp³-hybridized carbons (Fsp3) is 0.929. The van der Waals surface area contributed by atoms with E-state index in [0.29, 0.717) is 11.7 Å². The number of hydrogen-bond donors (Lipinski definition) is 0. The normalized spacial score (nSPS) is 45.9. The van der Waals surface area contributed by atoms with Gasteiger partial charge in [-0.3, -0.25) is 4.79 Å². The summed E-state index contributed by atoms with van der Waals surface area (Å²) in [4.78, 5) is 11.5. The number of rotatable bonds is 1. The van der Waals surface area contributed by atoms with E-state index < -0.39 is 0 Å². The van der Waals surface area contributed by atoms with Gasteiger partial charge < -0.3 is 0 Å². The molecule has 0 radical (unpaired) electrons. The zero-order chi connectivity index (χ0) is 11.0. The van der Waals surface area contributed by atoms with Gasteiger partial charge in [-0.25, -0.2) is 0 Å². The summed E-state index contributed by atoms with van der Waals surface area (Å²) in [5, 5.41) is 0. The fourth-order valence-corrected chi connectivity index (χ4v) is 4.02. The Morgan fingerprint density at radius 3 is 2.40 bits per heavy atom. The molecule has 2 aliphatic carbocycles. The highest BCUT2D eigenvalue weighted by molar-refractivity contribution is 5.78. The van der Waals surface area contributed by atoms with Crippen molar-refractivity contribution in [2.75, 3.05) is 0 Å². The molecular weight excluding hydrogens is 184 g/mol. The molecule has 0 N–H and O–H groups in total. The lowest BCUT2D eigenvalue weighted by Gasteiger charge is -2.46. The van der Waals surface area contributed by atoms with E-state index in [1.54, 1.807) is 6.92 Å². The Morgan fingerprint density at radius 2 is 1.73 bits per heavy atom. The third-order valence-corrected chi connectivity index (χ3v) is 5.00. The lowest BCUT2D eigenvalue weighted by molar-refractivity contribution is -0.124. The van der Waals surface area contributed by atoms with E-state index in [2.05, 4.69) is 13.8 Å². The molecule has 0 aromatic rings. The van der Waals surface area contributed by atoms with Gasteiger partial charge in [0.1, 0.15) is 5.78 Å². The topological polar surface area (TPSA) is 17.1 Å². The van der Waals surface area contributed by atoms with Gasteiger partial charge in [0.25, 0.3) is 0 Å². The molecule has 2 rings (SSSR count). The lowest BCUT2D eigenvalue weighted by atomic mass is 9.59. The van der Waals surface area contributed by atoms with Crippen LogP contribution in [0.2, 0.25) is 0 Å². The maximum atomic E-state index is 11.5. The van der Waals surface area contributed by atoms with E-state index in [9.17, 15) is 4.79 Å². The fourth-order valence-electron chi connectivity index (χ4n) is 4.02. The standard InChI is InChI=1S/C14H24O/c1-9-5-4-6-13-10(2)7-12(11(3)15)8-14(9)13/h9-10,12-14H,4-8H2,1-3H3/t9-,10+,12-,13?,14?/m1/s1. The first-order valence-corrected chi connectivity index (χ1v) is 6.60. The number of carbonyl (C=O) groups is 1. The second kappa shape index (κ2) is 4.27. The van der Waals surface area contributed by atoms with Crippen LogP contribution in [0.5, 0.6) is 0 Å². The number of Topliss-reactive ketones (excluding diaryl/α,β-unsaturated/α-hetero) is 1. The lowest BCUT2D eigenvalue weighted by Crippen LogP contribution is -2.39. The van der Waals surface area contributed by atoms with Crippen LogP contribution < -0.4 is 0 Å². The summed E-state index contributed by atoms with van der Waals surface area (Å²) in [6, 6.07) is 0. The van der Waals surface area contributed by atoms with Crippen molar-refractivity contribution in [3.63, 3.8) is 0 Å². The number of hydrogen-bond acceptors (Lipinski definition) is 1. The van der Waals surface area contributed by atoms with E-state index in [0.717, 1.165) is 30.1 Å². The third-order valence-electron chi connectivity index (χ3n) is 5.00. The SMILES string of the molecule is CC(=O)[C@H]1CC2C(CCC[C@H]2C)[C@@H](C)C1. The minimum atomic E-state index is 0.377. The van der Waals surface area contributed by atoms with Crippen LogP contribution in [-0.2, 0) is 4.79 Å². The Balaban J connectivity index is 2.10. The summed E-state index contributed by atoms with van der Waals surface area (Å²) in [5.74, 6) is 4.20. The molecule has 86 valence electrons. The number of ketones is 1. The summed E-state index contributed by atoms with van der Waals surface area (Å²) in [6.07, 6.45) is 6.56. The van der Waals surface area contributed by atoms with Gasteiger partial charge in [0, 0.05) is 5.92 Å². The van der Waals surface area contributed by atoms with Crippen LogP contribution >= 0.6 is 0 Å². The van der Waals surface area contributed by atoms with Crippen molar-refractivity contribution in [3.8, 4) is 0 Å². The molecular formula is C14H24O. The molecule has 1 heteroatoms. The van der Waals surface area contributed by atoms with Crippen LogP contribution in [0.3, 0.4) is 0 Å². The van der Waals surface area contributed by atoms with Crippen molar-refractivity contribution in [2.24, 2.45) is 29.6 Å². The van der Waals surface area contributed by atoms with E-state index in [4.69, 9.17) is 0 Å². The smallest absolute Gasteiger partial charge is 0.132 e. The van der Waals surface area contributed by atoms with E-state index in [-0.39, 0.29) is 0 Å². The molecule has 1 nitrogen and oxygen atoms in total. The molecule has 2 aliphatic rings. The molecule has 0 saturated heterocycles. The molecule has 0 amide bonds. The molecule has 0 aromatic carbocycles. The maximum absolute atomic E-state index is 11.5. The van der Waals surface area contributed by atoms with E-state index >= 15 is 0 Å². The van der Waals surface area contributed by atoms with Crippen molar-refractivity contribution in [1.82, 2.24) is 0 Å². The predicted octanol–water partition coefficient (Wildman–Crippen LogP) is 3.67. The Bertz CT molecular complexity index is 246. The first kappa shape index (κ1) is 11.2. The zero-order valence-corrected chi connectivity index (χ0v) is 10.3. The third kappa shape index (κ3) is 2.11. The minimum absolute atomic E-state index is 0.377. The number of fused-ring (bicyclic) bond motifs is 1. The molecule has 2 unspecified atom stereocenters. The molecule has 0 heterocycles. The van der Waals surface area contributed by atoms with Crippen molar-refractivity contribution >= 4 is 5.78 Å². The monoisotopic (exact) mass is 208 g/mol. The van der Waals surface area contributed by atoms with Crippen LogP contribution in [0.25, 0.3) is 0 Å². The first-order valence-electron chi connectivity index (χ1n) is 6.60. The average molecular weight is 208 g/mol. The van der Waals surface area contributed by atoms with Gasteiger partial charge in [0.2, 0.25) is 0 Å². The molecule has 2 saturated carbocycles. The molecule has 0 spiro atoms. The maximum Gasteiger partial charge on any atom is 0.132 e. The van der Waals surface area contributed by atoms with Gasteiger partial charge in [0.05, 0.1) is 0 Å². The second-order valence-corrected chi connectivity index (χ2v) is 5.99. The summed E-state index contributed by atoms with van der Waals surface area (Å²) in [5.41, 5.74) is 0. The van der Waals surface area contributed by atoms with Crippen molar-refractivity contribution in [2.45, 2.75) is 52.9 Å². The van der Waals surface area contributed by atoms with Crippen LogP contribution in [0.1, 0.15) is 52.9 Å². The Morgan fingerprint density at radius 1 is 1.00 bits per heavy atom. The molecule has 2 fully saturated rings. The van der Waals surface area contributed by atoms with Gasteiger partial charge >= 0.3 is 0 Å². The molecule has 0 aliphatic heterocycles. The van der Waals surface area contributed by atoms with Gasteiger partial charge in [-0.1, -0.05) is 26.7 Å². The largest absolute Gasteiger partial charge is 0.300 e. The highest BCUT2D eigenvalue weighted by Gasteiger charge is 2.40. The highest BCUT2D eigenvalue weighted by atomic mass is 16.1. The van der Waals surface area contributed by atoms with Crippen molar-refractivity contribution in [1.29, 1.82) is 0 Å². The average Bonchev–Trinajstić information content (AvgIpc) is 2.19. The van der Waals surface area contributed by atoms with Crippen molar-refractivity contribution < 1.29 is 4.79 Å². The summed E-state index contributed by atoms with van der Waals surface area (Å²) < 4.78 is 0. The van der Waals surface area contributed by atoms with E-state index in [1.165, 1.54) is 25.7 Å². The van der Waals surface area contributed by atoms with Crippen molar-refractivity contribution in [3.05, 3.63) is 0 Å². The summed E-state index contributed by atoms with van der Waals surface area (Å²) >= 11 is 0. The van der Waals surface area contributed by atoms with Gasteiger partial charge in [-0.05, 0) is 49.9 Å². The second-order valence-electron chi connectivity index (χ2n) is 5.99. The number of carbonyl (C=O) groups excluding carboxylic acids is 1.